The predicted molar refractivity (Wildman–Crippen MR) is 157 cm³/mol. The van der Waals surface area contributed by atoms with Crippen LogP contribution in [0.1, 0.15) is 81.5 Å². The van der Waals surface area contributed by atoms with Crippen LogP contribution in [0, 0.1) is 13.8 Å². The maximum absolute atomic E-state index is 12.7. The summed E-state index contributed by atoms with van der Waals surface area (Å²) in [5.74, 6) is 0. The van der Waals surface area contributed by atoms with Crippen LogP contribution in [-0.2, 0) is 18.3 Å². The van der Waals surface area contributed by atoms with E-state index in [1.165, 1.54) is 47.7 Å². The Hall–Kier alpha value is -2.66. The van der Waals surface area contributed by atoms with Gasteiger partial charge in [-0.15, -0.1) is 0 Å². The molecule has 0 bridgehead atoms. The highest BCUT2D eigenvalue weighted by Gasteiger charge is 2.28. The van der Waals surface area contributed by atoms with Crippen LogP contribution < -0.4 is 10.5 Å². The quantitative estimate of drug-likeness (QED) is 0.411. The van der Waals surface area contributed by atoms with Gasteiger partial charge in [0.2, 0.25) is 0 Å². The van der Waals surface area contributed by atoms with Crippen molar-refractivity contribution in [2.75, 3.05) is 25.5 Å². The van der Waals surface area contributed by atoms with Gasteiger partial charge < -0.3 is 14.8 Å². The fourth-order valence-corrected chi connectivity index (χ4v) is 6.14. The SMILES string of the molecule is CCN(c1cc(C(C)(C)C)cc2c(CCc3c(C)cc(C)[nH]c3=O)nccc12)C1CCC(N(C)C)CC1. The molecule has 1 saturated carbocycles. The van der Waals surface area contributed by atoms with Crippen molar-refractivity contribution in [2.24, 2.45) is 0 Å². The van der Waals surface area contributed by atoms with Gasteiger partial charge in [-0.2, -0.15) is 0 Å². The zero-order valence-corrected chi connectivity index (χ0v) is 24.2. The van der Waals surface area contributed by atoms with E-state index in [1.54, 1.807) is 0 Å². The van der Waals surface area contributed by atoms with Crippen LogP contribution >= 0.6 is 0 Å². The lowest BCUT2D eigenvalue weighted by Gasteiger charge is -2.40. The van der Waals surface area contributed by atoms with Gasteiger partial charge in [-0.1, -0.05) is 20.8 Å². The monoisotopic (exact) mass is 502 g/mol. The van der Waals surface area contributed by atoms with Gasteiger partial charge in [-0.05, 0) is 114 Å². The lowest BCUT2D eigenvalue weighted by molar-refractivity contribution is 0.214. The predicted octanol–water partition coefficient (Wildman–Crippen LogP) is 6.32. The number of nitrogens with zero attached hydrogens (tertiary/aromatic N) is 3. The first kappa shape index (κ1) is 27.4. The zero-order valence-electron chi connectivity index (χ0n) is 24.2. The van der Waals surface area contributed by atoms with Crippen molar-refractivity contribution in [1.29, 1.82) is 0 Å². The van der Waals surface area contributed by atoms with Crippen LogP contribution in [0.15, 0.2) is 35.3 Å². The highest BCUT2D eigenvalue weighted by molar-refractivity contribution is 5.96. The Bertz CT molecular complexity index is 1290. The number of rotatable bonds is 7. The van der Waals surface area contributed by atoms with Gasteiger partial charge in [-0.25, -0.2) is 0 Å². The summed E-state index contributed by atoms with van der Waals surface area (Å²) in [5.41, 5.74) is 6.65. The van der Waals surface area contributed by atoms with Crippen molar-refractivity contribution in [1.82, 2.24) is 14.9 Å². The molecule has 0 radical (unpaired) electrons. The minimum atomic E-state index is 0.0271. The average Bonchev–Trinajstić information content (AvgIpc) is 2.83. The minimum absolute atomic E-state index is 0.0271. The van der Waals surface area contributed by atoms with Crippen molar-refractivity contribution in [3.63, 3.8) is 0 Å². The van der Waals surface area contributed by atoms with E-state index in [1.807, 2.05) is 20.0 Å². The van der Waals surface area contributed by atoms with Crippen LogP contribution in [0.5, 0.6) is 0 Å². The third kappa shape index (κ3) is 5.93. The summed E-state index contributed by atoms with van der Waals surface area (Å²) in [7, 11) is 4.42. The van der Waals surface area contributed by atoms with Crippen LogP contribution in [-0.4, -0.2) is 47.6 Å². The number of benzene rings is 1. The maximum atomic E-state index is 12.7. The number of fused-ring (bicyclic) bond motifs is 1. The molecule has 1 N–H and O–H groups in total. The summed E-state index contributed by atoms with van der Waals surface area (Å²) < 4.78 is 0. The van der Waals surface area contributed by atoms with Gasteiger partial charge >= 0.3 is 0 Å². The highest BCUT2D eigenvalue weighted by atomic mass is 16.1. The van der Waals surface area contributed by atoms with Crippen molar-refractivity contribution in [3.8, 4) is 0 Å². The largest absolute Gasteiger partial charge is 0.368 e. The van der Waals surface area contributed by atoms with E-state index in [4.69, 9.17) is 4.98 Å². The van der Waals surface area contributed by atoms with Crippen LogP contribution in [0.4, 0.5) is 5.69 Å². The van der Waals surface area contributed by atoms with Gasteiger partial charge in [0, 0.05) is 58.2 Å². The van der Waals surface area contributed by atoms with E-state index in [0.717, 1.165) is 35.5 Å². The minimum Gasteiger partial charge on any atom is -0.368 e. The molecule has 1 aliphatic carbocycles. The highest BCUT2D eigenvalue weighted by Crippen LogP contribution is 2.38. The number of pyridine rings is 2. The topological polar surface area (TPSA) is 52.2 Å². The number of nitrogens with one attached hydrogen (secondary N) is 1. The third-order valence-electron chi connectivity index (χ3n) is 8.40. The molecule has 0 unspecified atom stereocenters. The van der Waals surface area contributed by atoms with Gasteiger partial charge in [0.05, 0.1) is 0 Å². The maximum Gasteiger partial charge on any atom is 0.251 e. The van der Waals surface area contributed by atoms with Gasteiger partial charge in [-0.3, -0.25) is 9.78 Å². The summed E-state index contributed by atoms with van der Waals surface area (Å²) >= 11 is 0. The summed E-state index contributed by atoms with van der Waals surface area (Å²) in [5, 5.41) is 2.51. The lowest BCUT2D eigenvalue weighted by atomic mass is 9.84. The molecule has 1 aromatic carbocycles. The molecule has 1 fully saturated rings. The number of aromatic amines is 1. The van der Waals surface area contributed by atoms with Crippen LogP contribution in [0.2, 0.25) is 0 Å². The molecule has 0 atom stereocenters. The Morgan fingerprint density at radius 2 is 1.65 bits per heavy atom. The van der Waals surface area contributed by atoms with Crippen molar-refractivity contribution < 1.29 is 0 Å². The first-order chi connectivity index (χ1) is 17.5. The van der Waals surface area contributed by atoms with E-state index in [2.05, 4.69) is 80.8 Å². The number of aryl methyl sites for hydroxylation is 3. The average molecular weight is 503 g/mol. The van der Waals surface area contributed by atoms with E-state index in [-0.39, 0.29) is 11.0 Å². The molecule has 0 saturated heterocycles. The van der Waals surface area contributed by atoms with E-state index in [9.17, 15) is 4.79 Å². The molecule has 5 nitrogen and oxygen atoms in total. The number of H-pyrrole nitrogens is 1. The normalized spacial score (nSPS) is 18.5. The van der Waals surface area contributed by atoms with E-state index >= 15 is 0 Å². The molecule has 200 valence electrons. The second-order valence-electron chi connectivity index (χ2n) is 12.3. The molecule has 1 aliphatic rings. The lowest BCUT2D eigenvalue weighted by Crippen LogP contribution is -2.42. The Kier molecular flexibility index (Phi) is 8.13. The first-order valence-electron chi connectivity index (χ1n) is 14.0. The summed E-state index contributed by atoms with van der Waals surface area (Å²) in [6.45, 7) is 14.1. The molecular formula is C32H46N4O. The third-order valence-corrected chi connectivity index (χ3v) is 8.40. The summed E-state index contributed by atoms with van der Waals surface area (Å²) in [4.78, 5) is 25.5. The molecule has 0 aliphatic heterocycles. The van der Waals surface area contributed by atoms with Crippen LogP contribution in [0.3, 0.4) is 0 Å². The van der Waals surface area contributed by atoms with Crippen LogP contribution in [0.25, 0.3) is 10.8 Å². The Balaban J connectivity index is 1.75. The molecule has 3 aromatic rings. The number of hydrogen-bond acceptors (Lipinski definition) is 4. The molecule has 5 heteroatoms. The Labute approximate surface area is 223 Å². The second kappa shape index (κ2) is 11.0. The van der Waals surface area contributed by atoms with E-state index in [0.29, 0.717) is 18.5 Å². The summed E-state index contributed by atoms with van der Waals surface area (Å²) in [6, 6.07) is 10.3. The molecule has 2 aromatic heterocycles. The molecule has 2 heterocycles. The molecule has 0 amide bonds. The molecule has 37 heavy (non-hydrogen) atoms. The molecule has 0 spiro atoms. The number of anilines is 1. The smallest absolute Gasteiger partial charge is 0.251 e. The molecular weight excluding hydrogens is 456 g/mol. The first-order valence-corrected chi connectivity index (χ1v) is 14.0. The van der Waals surface area contributed by atoms with Crippen molar-refractivity contribution in [3.05, 3.63) is 68.9 Å². The fraction of sp³-hybridized carbons (Fsp3) is 0.562. The Morgan fingerprint density at radius 1 is 0.973 bits per heavy atom. The zero-order chi connectivity index (χ0) is 26.9. The standard InChI is InChI=1S/C32H46N4O/c1-9-36(25-12-10-24(11-13-25)35(7)8)30-20-23(32(4,5)6)19-28-27(30)16-17-33-29(28)15-14-26-21(2)18-22(3)34-31(26)37/h16-20,24-25H,9-15H2,1-8H3,(H,34,37). The van der Waals surface area contributed by atoms with Gasteiger partial charge in [0.25, 0.3) is 5.56 Å². The number of hydrogen-bond donors (Lipinski definition) is 1. The fourth-order valence-electron chi connectivity index (χ4n) is 6.14. The Morgan fingerprint density at radius 3 is 2.24 bits per heavy atom. The second-order valence-corrected chi connectivity index (χ2v) is 12.3. The molecule has 4 rings (SSSR count). The van der Waals surface area contributed by atoms with Gasteiger partial charge in [0.15, 0.2) is 0 Å². The van der Waals surface area contributed by atoms with E-state index < -0.39 is 0 Å². The van der Waals surface area contributed by atoms with Crippen molar-refractivity contribution >= 4 is 16.5 Å². The van der Waals surface area contributed by atoms with Gasteiger partial charge in [0.1, 0.15) is 0 Å². The summed E-state index contributed by atoms with van der Waals surface area (Å²) in [6.07, 6.45) is 8.36. The van der Waals surface area contributed by atoms with Crippen molar-refractivity contribution in [2.45, 2.75) is 97.6 Å². The number of aromatic nitrogens is 2.